The van der Waals surface area contributed by atoms with E-state index in [4.69, 9.17) is 5.73 Å². The lowest BCUT2D eigenvalue weighted by Gasteiger charge is -2.43. The van der Waals surface area contributed by atoms with E-state index in [0.717, 1.165) is 12.8 Å². The fraction of sp³-hybridized carbons (Fsp3) is 0.667. The number of benzene rings is 1. The van der Waals surface area contributed by atoms with Crippen LogP contribution in [-0.4, -0.2) is 37.5 Å². The summed E-state index contributed by atoms with van der Waals surface area (Å²) in [5.74, 6) is 1.47. The van der Waals surface area contributed by atoms with E-state index >= 15 is 0 Å². The number of rotatable bonds is 5. The highest BCUT2D eigenvalue weighted by Gasteiger charge is 2.40. The number of carbonyl (C=O) groups is 1. The Morgan fingerprint density at radius 2 is 1.70 bits per heavy atom. The maximum absolute atomic E-state index is 12.8. The smallest absolute Gasteiger partial charge is 0.223 e. The molecule has 4 nitrogen and oxygen atoms in total. The summed E-state index contributed by atoms with van der Waals surface area (Å²) < 4.78 is 0. The number of nitrogens with two attached hydrogens (primary N) is 1. The Balaban J connectivity index is 0.00000182. The first-order valence-corrected chi connectivity index (χ1v) is 9.72. The molecule has 154 valence electrons. The lowest BCUT2D eigenvalue weighted by Crippen LogP contribution is -2.49. The number of carbonyl (C=O) groups excluding carboxylic acids is 1. The molecule has 3 N–H and O–H groups in total. The van der Waals surface area contributed by atoms with Crippen molar-refractivity contribution in [2.45, 2.75) is 51.1 Å². The third kappa shape index (κ3) is 5.83. The van der Waals surface area contributed by atoms with Gasteiger partial charge in [-0.3, -0.25) is 4.79 Å². The monoisotopic (exact) mass is 415 g/mol. The first kappa shape index (κ1) is 24.2. The molecule has 1 aromatic rings. The number of nitrogens with one attached hydrogen (secondary N) is 1. The van der Waals surface area contributed by atoms with E-state index in [1.807, 2.05) is 0 Å². The minimum Gasteiger partial charge on any atom is -0.354 e. The van der Waals surface area contributed by atoms with E-state index in [9.17, 15) is 4.79 Å². The van der Waals surface area contributed by atoms with Crippen LogP contribution >= 0.6 is 24.8 Å². The van der Waals surface area contributed by atoms with Crippen LogP contribution in [0.25, 0.3) is 0 Å². The molecule has 0 saturated heterocycles. The van der Waals surface area contributed by atoms with Gasteiger partial charge in [-0.05, 0) is 64.1 Å². The standard InChI is InChI=1S/C21H33N3O.2ClH/c1-14-7-9-15(10-8-14)19(24(2)3)13-23-21(25)18-11-16-5-4-6-17(12-18)20(16)22;;/h7-10,16-20H,4-6,11-13,22H2,1-3H3,(H,23,25);2*1H. The topological polar surface area (TPSA) is 58.4 Å². The lowest BCUT2D eigenvalue weighted by molar-refractivity contribution is -0.128. The molecule has 2 saturated carbocycles. The fourth-order valence-electron chi connectivity index (χ4n) is 4.73. The minimum atomic E-state index is 0. The number of nitrogens with zero attached hydrogens (tertiary/aromatic N) is 1. The number of fused-ring (bicyclic) bond motifs is 2. The van der Waals surface area contributed by atoms with Crippen LogP contribution in [0.2, 0.25) is 0 Å². The normalized spacial score (nSPS) is 27.9. The SMILES string of the molecule is Cc1ccc(C(CNC(=O)C2CC3CCCC(C2)C3N)N(C)C)cc1.Cl.Cl. The van der Waals surface area contributed by atoms with Gasteiger partial charge < -0.3 is 16.0 Å². The number of hydrogen-bond acceptors (Lipinski definition) is 3. The number of aryl methyl sites for hydroxylation is 1. The van der Waals surface area contributed by atoms with Gasteiger partial charge in [-0.25, -0.2) is 0 Å². The van der Waals surface area contributed by atoms with E-state index in [2.05, 4.69) is 55.5 Å². The third-order valence-electron chi connectivity index (χ3n) is 6.34. The van der Waals surface area contributed by atoms with Crippen LogP contribution in [0.1, 0.15) is 49.3 Å². The molecule has 0 radical (unpaired) electrons. The second kappa shape index (κ2) is 10.7. The second-order valence-electron chi connectivity index (χ2n) is 8.33. The molecule has 27 heavy (non-hydrogen) atoms. The van der Waals surface area contributed by atoms with Gasteiger partial charge in [-0.1, -0.05) is 36.2 Å². The number of likely N-dealkylation sites (N-methyl/N-ethyl adjacent to an activating group) is 1. The molecule has 2 aliphatic rings. The predicted molar refractivity (Wildman–Crippen MR) is 117 cm³/mol. The summed E-state index contributed by atoms with van der Waals surface area (Å²) in [5, 5.41) is 3.23. The fourth-order valence-corrected chi connectivity index (χ4v) is 4.73. The molecular formula is C21H35Cl2N3O. The van der Waals surface area contributed by atoms with Crippen molar-refractivity contribution >= 4 is 30.7 Å². The molecule has 2 aliphatic carbocycles. The van der Waals surface area contributed by atoms with Gasteiger partial charge in [-0.15, -0.1) is 24.8 Å². The maximum Gasteiger partial charge on any atom is 0.223 e. The molecule has 1 aromatic carbocycles. The van der Waals surface area contributed by atoms with E-state index < -0.39 is 0 Å². The zero-order valence-corrected chi connectivity index (χ0v) is 18.3. The quantitative estimate of drug-likeness (QED) is 0.770. The van der Waals surface area contributed by atoms with Gasteiger partial charge in [0.1, 0.15) is 0 Å². The highest BCUT2D eigenvalue weighted by atomic mass is 35.5. The molecule has 0 spiro atoms. The Bertz CT molecular complexity index is 580. The summed E-state index contributed by atoms with van der Waals surface area (Å²) in [4.78, 5) is 15.0. The average Bonchev–Trinajstić information content (AvgIpc) is 2.56. The van der Waals surface area contributed by atoms with E-state index in [-0.39, 0.29) is 42.7 Å². The summed E-state index contributed by atoms with van der Waals surface area (Å²) >= 11 is 0. The van der Waals surface area contributed by atoms with Crippen LogP contribution in [0.3, 0.4) is 0 Å². The average molecular weight is 416 g/mol. The molecule has 3 atom stereocenters. The van der Waals surface area contributed by atoms with Crippen molar-refractivity contribution in [1.82, 2.24) is 10.2 Å². The summed E-state index contributed by atoms with van der Waals surface area (Å²) in [5.41, 5.74) is 8.87. The molecule has 1 amide bonds. The van der Waals surface area contributed by atoms with E-state index in [1.54, 1.807) is 0 Å². The van der Waals surface area contributed by atoms with Crippen LogP contribution in [-0.2, 0) is 4.79 Å². The van der Waals surface area contributed by atoms with Crippen LogP contribution in [0, 0.1) is 24.7 Å². The van der Waals surface area contributed by atoms with Crippen molar-refractivity contribution in [2.24, 2.45) is 23.5 Å². The first-order chi connectivity index (χ1) is 12.0. The molecular weight excluding hydrogens is 381 g/mol. The number of amides is 1. The molecule has 2 bridgehead atoms. The molecule has 0 aliphatic heterocycles. The van der Waals surface area contributed by atoms with E-state index in [1.165, 1.54) is 30.4 Å². The highest BCUT2D eigenvalue weighted by molar-refractivity contribution is 5.85. The van der Waals surface area contributed by atoms with Gasteiger partial charge in [0.2, 0.25) is 5.91 Å². The highest BCUT2D eigenvalue weighted by Crippen LogP contribution is 2.41. The molecule has 2 fully saturated rings. The lowest BCUT2D eigenvalue weighted by atomic mass is 9.65. The van der Waals surface area contributed by atoms with Crippen LogP contribution in [0.4, 0.5) is 0 Å². The van der Waals surface area contributed by atoms with Crippen molar-refractivity contribution in [3.63, 3.8) is 0 Å². The number of halogens is 2. The Kier molecular flexibility index (Phi) is 9.56. The van der Waals surface area contributed by atoms with Crippen LogP contribution in [0.15, 0.2) is 24.3 Å². The van der Waals surface area contributed by atoms with Crippen molar-refractivity contribution < 1.29 is 4.79 Å². The Morgan fingerprint density at radius 3 is 2.22 bits per heavy atom. The second-order valence-corrected chi connectivity index (χ2v) is 8.33. The zero-order chi connectivity index (χ0) is 18.0. The van der Waals surface area contributed by atoms with Gasteiger partial charge in [0.15, 0.2) is 0 Å². The maximum atomic E-state index is 12.8. The molecule has 6 heteroatoms. The Morgan fingerprint density at radius 1 is 1.15 bits per heavy atom. The third-order valence-corrected chi connectivity index (χ3v) is 6.34. The van der Waals surface area contributed by atoms with Gasteiger partial charge in [-0.2, -0.15) is 0 Å². The van der Waals surface area contributed by atoms with Crippen molar-refractivity contribution in [3.05, 3.63) is 35.4 Å². The molecule has 0 heterocycles. The van der Waals surface area contributed by atoms with Crippen molar-refractivity contribution in [2.75, 3.05) is 20.6 Å². The zero-order valence-electron chi connectivity index (χ0n) is 16.7. The van der Waals surface area contributed by atoms with Gasteiger partial charge in [0, 0.05) is 18.5 Å². The Labute approximate surface area is 176 Å². The summed E-state index contributed by atoms with van der Waals surface area (Å²) in [6.07, 6.45) is 5.63. The first-order valence-electron chi connectivity index (χ1n) is 9.72. The molecule has 3 rings (SSSR count). The van der Waals surface area contributed by atoms with Gasteiger partial charge in [0.05, 0.1) is 6.04 Å². The summed E-state index contributed by atoms with van der Waals surface area (Å²) in [6, 6.07) is 9.12. The largest absolute Gasteiger partial charge is 0.354 e. The summed E-state index contributed by atoms with van der Waals surface area (Å²) in [7, 11) is 4.14. The van der Waals surface area contributed by atoms with Crippen LogP contribution in [0.5, 0.6) is 0 Å². The summed E-state index contributed by atoms with van der Waals surface area (Å²) in [6.45, 7) is 2.76. The minimum absolute atomic E-state index is 0. The number of hydrogen-bond donors (Lipinski definition) is 2. The van der Waals surface area contributed by atoms with Crippen molar-refractivity contribution in [3.8, 4) is 0 Å². The van der Waals surface area contributed by atoms with E-state index in [0.29, 0.717) is 24.4 Å². The molecule has 0 aromatic heterocycles. The van der Waals surface area contributed by atoms with Crippen molar-refractivity contribution in [1.29, 1.82) is 0 Å². The predicted octanol–water partition coefficient (Wildman–Crippen LogP) is 3.71. The van der Waals surface area contributed by atoms with Gasteiger partial charge in [0.25, 0.3) is 0 Å². The van der Waals surface area contributed by atoms with Gasteiger partial charge >= 0.3 is 0 Å². The molecule has 3 unspecified atom stereocenters. The Hall–Kier alpha value is -0.810. The van der Waals surface area contributed by atoms with Crippen LogP contribution < -0.4 is 11.1 Å².